The Kier molecular flexibility index (Phi) is 3.99. The molecule has 0 bridgehead atoms. The van der Waals surface area contributed by atoms with Crippen LogP contribution in [-0.4, -0.2) is 4.98 Å². The number of anilines is 1. The molecule has 0 unspecified atom stereocenters. The lowest BCUT2D eigenvalue weighted by Crippen LogP contribution is -2.12. The molecule has 0 saturated heterocycles. The molecular weight excluding hydrogens is 254 g/mol. The smallest absolute Gasteiger partial charge is 0.107 e. The first-order chi connectivity index (χ1) is 8.13. The van der Waals surface area contributed by atoms with Crippen LogP contribution >= 0.6 is 22.9 Å². The molecule has 0 saturated carbocycles. The van der Waals surface area contributed by atoms with Crippen molar-refractivity contribution in [1.82, 2.24) is 10.3 Å². The molecule has 5 heteroatoms. The minimum Gasteiger partial charge on any atom is -0.399 e. The van der Waals surface area contributed by atoms with E-state index in [2.05, 4.69) is 10.3 Å². The summed E-state index contributed by atoms with van der Waals surface area (Å²) in [4.78, 5) is 4.38. The maximum atomic E-state index is 5.93. The predicted molar refractivity (Wildman–Crippen MR) is 73.3 cm³/mol. The average Bonchev–Trinajstić information content (AvgIpc) is 2.63. The van der Waals surface area contributed by atoms with Crippen LogP contribution in [0.4, 0.5) is 5.69 Å². The number of aromatic nitrogens is 1. The highest BCUT2D eigenvalue weighted by atomic mass is 35.5. The number of rotatable bonds is 4. The van der Waals surface area contributed by atoms with E-state index in [4.69, 9.17) is 17.3 Å². The van der Waals surface area contributed by atoms with Gasteiger partial charge < -0.3 is 11.1 Å². The molecule has 3 N–H and O–H groups in total. The first-order valence-electron chi connectivity index (χ1n) is 5.30. The van der Waals surface area contributed by atoms with Gasteiger partial charge in [0, 0.05) is 34.9 Å². The van der Waals surface area contributed by atoms with Gasteiger partial charge in [0.2, 0.25) is 0 Å². The molecular formula is C12H14ClN3S. The van der Waals surface area contributed by atoms with Crippen LogP contribution in [0, 0.1) is 6.92 Å². The zero-order chi connectivity index (χ0) is 12.3. The van der Waals surface area contributed by atoms with E-state index < -0.39 is 0 Å². The molecule has 0 aliphatic carbocycles. The number of nitrogens with two attached hydrogens (primary N) is 1. The Morgan fingerprint density at radius 3 is 2.82 bits per heavy atom. The van der Waals surface area contributed by atoms with Gasteiger partial charge in [0.15, 0.2) is 0 Å². The Hall–Kier alpha value is -1.10. The molecule has 0 aliphatic rings. The number of hydrogen-bond donors (Lipinski definition) is 2. The standard InChI is InChI=1S/C12H14ClN3S/c1-8-7-17-12(16-8)6-15-5-9-2-10(13)4-11(14)3-9/h2-4,7,15H,5-6,14H2,1H3. The highest BCUT2D eigenvalue weighted by Crippen LogP contribution is 2.16. The molecule has 1 aromatic heterocycles. The molecule has 0 fully saturated rings. The Bertz CT molecular complexity index is 490. The van der Waals surface area contributed by atoms with Crippen LogP contribution in [0.2, 0.25) is 5.02 Å². The van der Waals surface area contributed by atoms with Gasteiger partial charge in [-0.1, -0.05) is 11.6 Å². The second kappa shape index (κ2) is 5.49. The van der Waals surface area contributed by atoms with Crippen molar-refractivity contribution in [3.8, 4) is 0 Å². The summed E-state index contributed by atoms with van der Waals surface area (Å²) < 4.78 is 0. The molecule has 1 heterocycles. The first-order valence-corrected chi connectivity index (χ1v) is 6.56. The van der Waals surface area contributed by atoms with Gasteiger partial charge in [0.25, 0.3) is 0 Å². The third-order valence-electron chi connectivity index (χ3n) is 2.25. The fourth-order valence-electron chi connectivity index (χ4n) is 1.58. The molecule has 0 spiro atoms. The van der Waals surface area contributed by atoms with Crippen molar-refractivity contribution in [3.05, 3.63) is 44.9 Å². The third-order valence-corrected chi connectivity index (χ3v) is 3.44. The van der Waals surface area contributed by atoms with Crippen LogP contribution < -0.4 is 11.1 Å². The summed E-state index contributed by atoms with van der Waals surface area (Å²) in [7, 11) is 0. The zero-order valence-corrected chi connectivity index (χ0v) is 11.1. The van der Waals surface area contributed by atoms with E-state index in [1.807, 2.05) is 24.4 Å². The molecule has 90 valence electrons. The highest BCUT2D eigenvalue weighted by molar-refractivity contribution is 7.09. The second-order valence-corrected chi connectivity index (χ2v) is 5.26. The average molecular weight is 268 g/mol. The number of thiazole rings is 1. The Morgan fingerprint density at radius 1 is 1.35 bits per heavy atom. The van der Waals surface area contributed by atoms with Crippen molar-refractivity contribution in [2.45, 2.75) is 20.0 Å². The van der Waals surface area contributed by atoms with Crippen molar-refractivity contribution in [1.29, 1.82) is 0 Å². The summed E-state index contributed by atoms with van der Waals surface area (Å²) >= 11 is 7.60. The number of nitrogens with zero attached hydrogens (tertiary/aromatic N) is 1. The van der Waals surface area contributed by atoms with Crippen LogP contribution in [0.5, 0.6) is 0 Å². The molecule has 0 amide bonds. The zero-order valence-electron chi connectivity index (χ0n) is 9.53. The molecule has 1 aromatic carbocycles. The minimum atomic E-state index is 0.673. The number of nitrogen functional groups attached to an aromatic ring is 1. The van der Waals surface area contributed by atoms with E-state index in [9.17, 15) is 0 Å². The van der Waals surface area contributed by atoms with Gasteiger partial charge in [-0.2, -0.15) is 0 Å². The van der Waals surface area contributed by atoms with Crippen LogP contribution in [0.1, 0.15) is 16.3 Å². The molecule has 17 heavy (non-hydrogen) atoms. The maximum absolute atomic E-state index is 5.93. The van der Waals surface area contributed by atoms with E-state index in [1.54, 1.807) is 17.4 Å². The minimum absolute atomic E-state index is 0.673. The summed E-state index contributed by atoms with van der Waals surface area (Å²) in [6.45, 7) is 3.51. The number of hydrogen-bond acceptors (Lipinski definition) is 4. The van der Waals surface area contributed by atoms with Gasteiger partial charge in [0.05, 0.1) is 0 Å². The van der Waals surface area contributed by atoms with Crippen LogP contribution in [0.3, 0.4) is 0 Å². The molecule has 3 nitrogen and oxygen atoms in total. The summed E-state index contributed by atoms with van der Waals surface area (Å²) in [5.41, 5.74) is 8.57. The fraction of sp³-hybridized carbons (Fsp3) is 0.250. The summed E-state index contributed by atoms with van der Waals surface area (Å²) in [5.74, 6) is 0. The van der Waals surface area contributed by atoms with Crippen molar-refractivity contribution in [2.75, 3.05) is 5.73 Å². The first kappa shape index (κ1) is 12.4. The monoisotopic (exact) mass is 267 g/mol. The number of halogens is 1. The topological polar surface area (TPSA) is 50.9 Å². The molecule has 0 aliphatic heterocycles. The SMILES string of the molecule is Cc1csc(CNCc2cc(N)cc(Cl)c2)n1. The number of nitrogens with one attached hydrogen (secondary N) is 1. The predicted octanol–water partition coefficient (Wildman–Crippen LogP) is 2.98. The quantitative estimate of drug-likeness (QED) is 0.838. The van der Waals surface area contributed by atoms with Crippen molar-refractivity contribution < 1.29 is 0 Å². The van der Waals surface area contributed by atoms with Gasteiger partial charge in [-0.25, -0.2) is 4.98 Å². The van der Waals surface area contributed by atoms with E-state index in [-0.39, 0.29) is 0 Å². The maximum Gasteiger partial charge on any atom is 0.107 e. The van der Waals surface area contributed by atoms with Crippen LogP contribution in [0.25, 0.3) is 0 Å². The number of aryl methyl sites for hydroxylation is 1. The van der Waals surface area contributed by atoms with Gasteiger partial charge in [0.1, 0.15) is 5.01 Å². The van der Waals surface area contributed by atoms with E-state index in [0.717, 1.165) is 29.4 Å². The molecule has 0 radical (unpaired) electrons. The Labute approximate surface area is 110 Å². The fourth-order valence-corrected chi connectivity index (χ4v) is 2.58. The highest BCUT2D eigenvalue weighted by Gasteiger charge is 2.00. The Morgan fingerprint density at radius 2 is 2.18 bits per heavy atom. The largest absolute Gasteiger partial charge is 0.399 e. The van der Waals surface area contributed by atoms with E-state index in [0.29, 0.717) is 10.7 Å². The van der Waals surface area contributed by atoms with Gasteiger partial charge >= 0.3 is 0 Å². The van der Waals surface area contributed by atoms with Gasteiger partial charge in [-0.3, -0.25) is 0 Å². The van der Waals surface area contributed by atoms with Crippen LogP contribution in [0.15, 0.2) is 23.6 Å². The summed E-state index contributed by atoms with van der Waals surface area (Å²) in [6.07, 6.45) is 0. The van der Waals surface area contributed by atoms with Crippen molar-refractivity contribution in [3.63, 3.8) is 0 Å². The van der Waals surface area contributed by atoms with Crippen molar-refractivity contribution >= 4 is 28.6 Å². The molecule has 2 rings (SSSR count). The summed E-state index contributed by atoms with van der Waals surface area (Å²) in [6, 6.07) is 5.58. The lowest BCUT2D eigenvalue weighted by Gasteiger charge is -2.05. The van der Waals surface area contributed by atoms with Crippen LogP contribution in [-0.2, 0) is 13.1 Å². The Balaban J connectivity index is 1.89. The number of benzene rings is 1. The normalized spacial score (nSPS) is 10.7. The molecule has 0 atom stereocenters. The summed E-state index contributed by atoms with van der Waals surface area (Å²) in [5, 5.41) is 7.14. The van der Waals surface area contributed by atoms with E-state index >= 15 is 0 Å². The van der Waals surface area contributed by atoms with Crippen molar-refractivity contribution in [2.24, 2.45) is 0 Å². The lowest BCUT2D eigenvalue weighted by molar-refractivity contribution is 0.689. The molecule has 2 aromatic rings. The van der Waals surface area contributed by atoms with Gasteiger partial charge in [-0.15, -0.1) is 11.3 Å². The lowest BCUT2D eigenvalue weighted by atomic mass is 10.2. The third kappa shape index (κ3) is 3.70. The van der Waals surface area contributed by atoms with Gasteiger partial charge in [-0.05, 0) is 30.7 Å². The second-order valence-electron chi connectivity index (χ2n) is 3.88. The van der Waals surface area contributed by atoms with E-state index in [1.165, 1.54) is 0 Å².